The molecule has 6 heteroatoms. The SMILES string of the molecule is CC(C)Oc1ccc(NC(N)=NCc2ccccc2Cl)cc1.I. The maximum Gasteiger partial charge on any atom is 0.193 e. The summed E-state index contributed by atoms with van der Waals surface area (Å²) in [5.41, 5.74) is 7.68. The topological polar surface area (TPSA) is 59.6 Å². The summed E-state index contributed by atoms with van der Waals surface area (Å²) in [5, 5.41) is 3.73. The van der Waals surface area contributed by atoms with Crippen LogP contribution in [-0.2, 0) is 6.54 Å². The molecule has 2 aromatic carbocycles. The number of hydrogen-bond donors (Lipinski definition) is 2. The molecule has 4 nitrogen and oxygen atoms in total. The average Bonchev–Trinajstić information content (AvgIpc) is 2.48. The molecular formula is C17H21ClIN3O. The number of aliphatic imine (C=N–C) groups is 1. The molecule has 23 heavy (non-hydrogen) atoms. The summed E-state index contributed by atoms with van der Waals surface area (Å²) in [5.74, 6) is 1.17. The molecule has 0 radical (unpaired) electrons. The third-order valence-corrected chi connectivity index (χ3v) is 3.24. The minimum absolute atomic E-state index is 0. The number of nitrogens with zero attached hydrogens (tertiary/aromatic N) is 1. The quantitative estimate of drug-likeness (QED) is 0.399. The molecule has 0 amide bonds. The highest BCUT2D eigenvalue weighted by Crippen LogP contribution is 2.17. The Hall–Kier alpha value is -1.47. The van der Waals surface area contributed by atoms with Gasteiger partial charge in [-0.2, -0.15) is 0 Å². The van der Waals surface area contributed by atoms with Gasteiger partial charge < -0.3 is 15.8 Å². The van der Waals surface area contributed by atoms with E-state index in [0.29, 0.717) is 17.5 Å². The van der Waals surface area contributed by atoms with Gasteiger partial charge in [-0.15, -0.1) is 24.0 Å². The lowest BCUT2D eigenvalue weighted by Crippen LogP contribution is -2.22. The normalized spacial score (nSPS) is 11.0. The maximum absolute atomic E-state index is 6.08. The number of ether oxygens (including phenoxy) is 1. The smallest absolute Gasteiger partial charge is 0.193 e. The van der Waals surface area contributed by atoms with E-state index in [2.05, 4.69) is 10.3 Å². The lowest BCUT2D eigenvalue weighted by Gasteiger charge is -2.11. The Kier molecular flexibility index (Phi) is 8.19. The van der Waals surface area contributed by atoms with Gasteiger partial charge in [-0.05, 0) is 49.7 Å². The Bertz CT molecular complexity index is 645. The van der Waals surface area contributed by atoms with E-state index >= 15 is 0 Å². The van der Waals surface area contributed by atoms with Crippen LogP contribution < -0.4 is 15.8 Å². The molecule has 2 rings (SSSR count). The molecule has 2 aromatic rings. The number of benzene rings is 2. The van der Waals surface area contributed by atoms with E-state index in [1.54, 1.807) is 0 Å². The molecule has 0 spiro atoms. The first-order valence-corrected chi connectivity index (χ1v) is 7.49. The number of hydrogen-bond acceptors (Lipinski definition) is 2. The zero-order valence-corrected chi connectivity index (χ0v) is 16.2. The van der Waals surface area contributed by atoms with E-state index in [0.717, 1.165) is 17.0 Å². The van der Waals surface area contributed by atoms with Crippen molar-refractivity contribution < 1.29 is 4.74 Å². The molecule has 0 saturated carbocycles. The first-order chi connectivity index (χ1) is 10.5. The average molecular weight is 446 g/mol. The summed E-state index contributed by atoms with van der Waals surface area (Å²) in [7, 11) is 0. The van der Waals surface area contributed by atoms with Crippen molar-refractivity contribution in [2.24, 2.45) is 10.7 Å². The Morgan fingerprint density at radius 2 is 1.83 bits per heavy atom. The largest absolute Gasteiger partial charge is 0.491 e. The maximum atomic E-state index is 6.08. The molecule has 0 aliphatic rings. The van der Waals surface area contributed by atoms with Crippen molar-refractivity contribution in [3.63, 3.8) is 0 Å². The first-order valence-electron chi connectivity index (χ1n) is 7.11. The zero-order chi connectivity index (χ0) is 15.9. The minimum Gasteiger partial charge on any atom is -0.491 e. The van der Waals surface area contributed by atoms with Crippen LogP contribution in [0.15, 0.2) is 53.5 Å². The van der Waals surface area contributed by atoms with Crippen LogP contribution >= 0.6 is 35.6 Å². The van der Waals surface area contributed by atoms with Crippen LogP contribution in [0.3, 0.4) is 0 Å². The van der Waals surface area contributed by atoms with Crippen molar-refractivity contribution in [1.29, 1.82) is 0 Å². The fraction of sp³-hybridized carbons (Fsp3) is 0.235. The van der Waals surface area contributed by atoms with Crippen molar-refractivity contribution in [2.75, 3.05) is 5.32 Å². The second-order valence-electron chi connectivity index (χ2n) is 5.11. The number of nitrogens with one attached hydrogen (secondary N) is 1. The van der Waals surface area contributed by atoms with E-state index < -0.39 is 0 Å². The highest BCUT2D eigenvalue weighted by molar-refractivity contribution is 14.0. The van der Waals surface area contributed by atoms with Gasteiger partial charge in [0, 0.05) is 10.7 Å². The molecule has 0 saturated heterocycles. The number of nitrogens with two attached hydrogens (primary N) is 1. The molecular weight excluding hydrogens is 425 g/mol. The second-order valence-corrected chi connectivity index (χ2v) is 5.52. The van der Waals surface area contributed by atoms with E-state index in [1.165, 1.54) is 0 Å². The number of rotatable bonds is 5. The summed E-state index contributed by atoms with van der Waals surface area (Å²) in [4.78, 5) is 4.29. The van der Waals surface area contributed by atoms with Crippen LogP contribution in [-0.4, -0.2) is 12.1 Å². The molecule has 0 unspecified atom stereocenters. The molecule has 0 aliphatic carbocycles. The van der Waals surface area contributed by atoms with Crippen LogP contribution in [0.25, 0.3) is 0 Å². The highest BCUT2D eigenvalue weighted by Gasteiger charge is 2.00. The Morgan fingerprint density at radius 1 is 1.17 bits per heavy atom. The van der Waals surface area contributed by atoms with Gasteiger partial charge in [-0.3, -0.25) is 0 Å². The lowest BCUT2D eigenvalue weighted by molar-refractivity contribution is 0.242. The Balaban J connectivity index is 0.00000264. The molecule has 0 bridgehead atoms. The van der Waals surface area contributed by atoms with Crippen molar-refractivity contribution in [1.82, 2.24) is 0 Å². The summed E-state index contributed by atoms with van der Waals surface area (Å²) in [6.07, 6.45) is 0.154. The van der Waals surface area contributed by atoms with Gasteiger partial charge in [0.25, 0.3) is 0 Å². The molecule has 0 aliphatic heterocycles. The first kappa shape index (κ1) is 19.6. The van der Waals surface area contributed by atoms with Crippen LogP contribution in [0, 0.1) is 0 Å². The van der Waals surface area contributed by atoms with Crippen molar-refractivity contribution in [3.05, 3.63) is 59.1 Å². The fourth-order valence-corrected chi connectivity index (χ4v) is 2.07. The van der Waals surface area contributed by atoms with Crippen molar-refractivity contribution in [2.45, 2.75) is 26.5 Å². The van der Waals surface area contributed by atoms with Gasteiger partial charge >= 0.3 is 0 Å². The summed E-state index contributed by atoms with van der Waals surface area (Å²) in [6, 6.07) is 15.2. The Morgan fingerprint density at radius 3 is 2.43 bits per heavy atom. The van der Waals surface area contributed by atoms with Gasteiger partial charge in [-0.25, -0.2) is 4.99 Å². The third-order valence-electron chi connectivity index (χ3n) is 2.88. The van der Waals surface area contributed by atoms with Gasteiger partial charge in [0.2, 0.25) is 0 Å². The Labute approximate surface area is 159 Å². The van der Waals surface area contributed by atoms with Gasteiger partial charge in [0.1, 0.15) is 5.75 Å². The number of halogens is 2. The predicted molar refractivity (Wildman–Crippen MR) is 108 cm³/mol. The number of guanidine groups is 1. The predicted octanol–water partition coefficient (Wildman–Crippen LogP) is 4.67. The molecule has 0 atom stereocenters. The summed E-state index contributed by atoms with van der Waals surface area (Å²) in [6.45, 7) is 4.42. The number of anilines is 1. The third kappa shape index (κ3) is 6.66. The monoisotopic (exact) mass is 445 g/mol. The zero-order valence-electron chi connectivity index (χ0n) is 13.1. The van der Waals surface area contributed by atoms with Gasteiger partial charge in [0.15, 0.2) is 5.96 Å². The molecule has 0 fully saturated rings. The van der Waals surface area contributed by atoms with Gasteiger partial charge in [-0.1, -0.05) is 29.8 Å². The minimum atomic E-state index is 0. The van der Waals surface area contributed by atoms with E-state index in [-0.39, 0.29) is 30.1 Å². The lowest BCUT2D eigenvalue weighted by atomic mass is 10.2. The van der Waals surface area contributed by atoms with Crippen molar-refractivity contribution in [3.8, 4) is 5.75 Å². The molecule has 0 heterocycles. The van der Waals surface area contributed by atoms with Crippen LogP contribution in [0.1, 0.15) is 19.4 Å². The summed E-state index contributed by atoms with van der Waals surface area (Å²) < 4.78 is 5.59. The molecule has 3 N–H and O–H groups in total. The second kappa shape index (κ2) is 9.62. The van der Waals surface area contributed by atoms with Crippen molar-refractivity contribution >= 4 is 47.2 Å². The molecule has 0 aromatic heterocycles. The van der Waals surface area contributed by atoms with E-state index in [9.17, 15) is 0 Å². The van der Waals surface area contributed by atoms with Gasteiger partial charge in [0.05, 0.1) is 12.6 Å². The van der Waals surface area contributed by atoms with Crippen LogP contribution in [0.2, 0.25) is 5.02 Å². The highest BCUT2D eigenvalue weighted by atomic mass is 127. The van der Waals surface area contributed by atoms with E-state index in [1.807, 2.05) is 62.4 Å². The van der Waals surface area contributed by atoms with Crippen LogP contribution in [0.4, 0.5) is 5.69 Å². The standard InChI is InChI=1S/C17H20ClN3O.HI/c1-12(2)22-15-9-7-14(8-10-15)21-17(19)20-11-13-5-3-4-6-16(13)18;/h3-10,12H,11H2,1-2H3,(H3,19,20,21);1H. The van der Waals surface area contributed by atoms with Crippen LogP contribution in [0.5, 0.6) is 5.75 Å². The van der Waals surface area contributed by atoms with E-state index in [4.69, 9.17) is 22.1 Å². The summed E-state index contributed by atoms with van der Waals surface area (Å²) >= 11 is 6.08. The fourth-order valence-electron chi connectivity index (χ4n) is 1.87. The molecule has 124 valence electrons.